The number of hydrogen-bond acceptors (Lipinski definition) is 3. The number of nitrogens with zero attached hydrogens (tertiary/aromatic N) is 1. The molecule has 1 saturated heterocycles. The van der Waals surface area contributed by atoms with Gasteiger partial charge in [-0.05, 0) is 55.0 Å². The maximum absolute atomic E-state index is 15.0. The first-order valence-corrected chi connectivity index (χ1v) is 12.7. The Balaban J connectivity index is 1.63. The van der Waals surface area contributed by atoms with Crippen LogP contribution < -0.4 is 4.72 Å². The Labute approximate surface area is 187 Å². The molecule has 2 aliphatic rings. The summed E-state index contributed by atoms with van der Waals surface area (Å²) < 4.78 is 55.7. The van der Waals surface area contributed by atoms with Crippen molar-refractivity contribution in [1.82, 2.24) is 9.62 Å². The van der Waals surface area contributed by atoms with Crippen LogP contribution in [0.2, 0.25) is 0 Å². The van der Waals surface area contributed by atoms with Gasteiger partial charge in [-0.25, -0.2) is 21.9 Å². The quantitative estimate of drug-likeness (QED) is 0.683. The Morgan fingerprint density at radius 1 is 1.12 bits per heavy atom. The van der Waals surface area contributed by atoms with Gasteiger partial charge in [-0.2, -0.15) is 0 Å². The normalized spacial score (nSPS) is 23.8. The molecule has 2 aromatic carbocycles. The molecule has 1 aliphatic heterocycles. The minimum atomic E-state index is -3.65. The molecular weight excluding hydrogens is 434 g/mol. The van der Waals surface area contributed by atoms with E-state index >= 15 is 4.39 Å². The van der Waals surface area contributed by atoms with E-state index in [2.05, 4.69) is 4.72 Å². The van der Waals surface area contributed by atoms with Crippen LogP contribution in [0.3, 0.4) is 0 Å². The molecule has 1 aliphatic carbocycles. The average molecular weight is 463 g/mol. The molecule has 5 nitrogen and oxygen atoms in total. The van der Waals surface area contributed by atoms with E-state index in [9.17, 15) is 17.6 Å². The minimum Gasteiger partial charge on any atom is -0.334 e. The van der Waals surface area contributed by atoms with Crippen LogP contribution in [-0.2, 0) is 21.2 Å². The van der Waals surface area contributed by atoms with E-state index in [1.807, 2.05) is 24.3 Å². The van der Waals surface area contributed by atoms with Crippen LogP contribution >= 0.6 is 0 Å². The monoisotopic (exact) mass is 462 g/mol. The maximum Gasteiger partial charge on any atom is 0.226 e. The molecule has 0 spiro atoms. The molecule has 8 heteroatoms. The number of nitrogens with one attached hydrogen (secondary N) is 1. The van der Waals surface area contributed by atoms with Gasteiger partial charge in [0, 0.05) is 5.92 Å². The zero-order chi connectivity index (χ0) is 22.9. The first kappa shape index (κ1) is 22.9. The highest BCUT2D eigenvalue weighted by Crippen LogP contribution is 2.34. The molecule has 1 heterocycles. The molecule has 0 aromatic heterocycles. The number of likely N-dealkylation sites (tertiary alicyclic amines) is 1. The molecule has 1 saturated carbocycles. The third kappa shape index (κ3) is 4.86. The third-order valence-electron chi connectivity index (χ3n) is 6.54. The van der Waals surface area contributed by atoms with Crippen LogP contribution in [0.25, 0.3) is 11.1 Å². The van der Waals surface area contributed by atoms with Gasteiger partial charge in [0.15, 0.2) is 0 Å². The summed E-state index contributed by atoms with van der Waals surface area (Å²) in [4.78, 5) is 14.6. The van der Waals surface area contributed by atoms with Crippen LogP contribution in [0.5, 0.6) is 0 Å². The number of rotatable bonds is 7. The zero-order valence-electron chi connectivity index (χ0n) is 18.0. The van der Waals surface area contributed by atoms with Gasteiger partial charge in [-0.1, -0.05) is 42.8 Å². The van der Waals surface area contributed by atoms with Gasteiger partial charge in [0.25, 0.3) is 0 Å². The summed E-state index contributed by atoms with van der Waals surface area (Å²) in [7, 11) is -3.65. The fraction of sp³-hybridized carbons (Fsp3) is 0.458. The number of hydrogen-bond donors (Lipinski definition) is 1. The third-order valence-corrected chi connectivity index (χ3v) is 7.93. The van der Waals surface area contributed by atoms with E-state index in [1.54, 1.807) is 12.1 Å². The fourth-order valence-corrected chi connectivity index (χ4v) is 5.37. The molecule has 4 rings (SSSR count). The molecule has 0 unspecified atom stereocenters. The Bertz CT molecular complexity index is 1090. The maximum atomic E-state index is 15.0. The first-order valence-electron chi connectivity index (χ1n) is 11.1. The Morgan fingerprint density at radius 3 is 2.44 bits per heavy atom. The van der Waals surface area contributed by atoms with Crippen molar-refractivity contribution in [2.75, 3.05) is 12.3 Å². The molecule has 1 amide bonds. The number of amides is 1. The molecule has 32 heavy (non-hydrogen) atoms. The van der Waals surface area contributed by atoms with Gasteiger partial charge in [-0.3, -0.25) is 4.79 Å². The van der Waals surface area contributed by atoms with Crippen LogP contribution in [0.15, 0.2) is 48.5 Å². The Morgan fingerprint density at radius 2 is 1.81 bits per heavy atom. The average Bonchev–Trinajstić information content (AvgIpc) is 3.02. The van der Waals surface area contributed by atoms with Crippen molar-refractivity contribution >= 4 is 15.9 Å². The highest BCUT2D eigenvalue weighted by molar-refractivity contribution is 7.89. The molecule has 172 valence electrons. The lowest BCUT2D eigenvalue weighted by molar-refractivity contribution is -0.139. The van der Waals surface area contributed by atoms with Crippen LogP contribution in [0.1, 0.15) is 31.7 Å². The number of sulfonamides is 1. The number of halogens is 2. The van der Waals surface area contributed by atoms with Crippen molar-refractivity contribution in [3.63, 3.8) is 0 Å². The molecule has 1 N–H and O–H groups in total. The summed E-state index contributed by atoms with van der Waals surface area (Å²) in [5.41, 5.74) is 2.35. The van der Waals surface area contributed by atoms with Gasteiger partial charge in [-0.15, -0.1) is 0 Å². The van der Waals surface area contributed by atoms with Gasteiger partial charge in [0.1, 0.15) is 12.0 Å². The second-order valence-electron chi connectivity index (χ2n) is 8.66. The smallest absolute Gasteiger partial charge is 0.226 e. The second-order valence-corrected chi connectivity index (χ2v) is 10.7. The Kier molecular flexibility index (Phi) is 6.62. The van der Waals surface area contributed by atoms with Crippen molar-refractivity contribution < 1.29 is 22.0 Å². The standard InChI is InChI=1S/C24H28F2N2O3S/c1-2-32(30,31)27-23-21(26)15-28(24(29)17-7-4-8-17)22(23)13-16-6-3-9-18(12-16)19-10-5-11-20(25)14-19/h3,5-6,9-12,14,17,21-23,27H,2,4,7-8,13,15H2,1H3/t21-,22-,23-/m0/s1. The molecule has 2 fully saturated rings. The predicted molar refractivity (Wildman–Crippen MR) is 120 cm³/mol. The van der Waals surface area contributed by atoms with Gasteiger partial charge in [0.05, 0.1) is 24.4 Å². The van der Waals surface area contributed by atoms with Crippen LogP contribution in [0.4, 0.5) is 8.78 Å². The number of carbonyl (C=O) groups excluding carboxylic acids is 1. The summed E-state index contributed by atoms with van der Waals surface area (Å²) in [5.74, 6) is -0.697. The van der Waals surface area contributed by atoms with E-state index < -0.39 is 28.3 Å². The van der Waals surface area contributed by atoms with E-state index in [0.717, 1.165) is 30.4 Å². The van der Waals surface area contributed by atoms with E-state index in [4.69, 9.17) is 0 Å². The molecule has 3 atom stereocenters. The van der Waals surface area contributed by atoms with Gasteiger partial charge < -0.3 is 4.90 Å². The van der Waals surface area contributed by atoms with E-state index in [0.29, 0.717) is 12.0 Å². The topological polar surface area (TPSA) is 66.5 Å². The number of benzene rings is 2. The molecule has 0 bridgehead atoms. The number of alkyl halides is 1. The van der Waals surface area contributed by atoms with Crippen molar-refractivity contribution in [2.24, 2.45) is 5.92 Å². The summed E-state index contributed by atoms with van der Waals surface area (Å²) in [5, 5.41) is 0. The zero-order valence-corrected chi connectivity index (χ0v) is 18.8. The lowest BCUT2D eigenvalue weighted by atomic mass is 9.84. The minimum absolute atomic E-state index is 0.0941. The van der Waals surface area contributed by atoms with Crippen molar-refractivity contribution in [3.05, 3.63) is 59.9 Å². The highest BCUT2D eigenvalue weighted by Gasteiger charge is 2.47. The summed E-state index contributed by atoms with van der Waals surface area (Å²) in [6.45, 7) is 1.39. The second kappa shape index (κ2) is 9.27. The van der Waals surface area contributed by atoms with E-state index in [-0.39, 0.29) is 29.9 Å². The summed E-state index contributed by atoms with van der Waals surface area (Å²) in [6.07, 6.45) is 1.39. The Hall–Kier alpha value is -2.32. The van der Waals surface area contributed by atoms with Crippen LogP contribution in [0, 0.1) is 11.7 Å². The lowest BCUT2D eigenvalue weighted by Crippen LogP contribution is -2.51. The number of carbonyl (C=O) groups is 1. The van der Waals surface area contributed by atoms with Gasteiger partial charge >= 0.3 is 0 Å². The summed E-state index contributed by atoms with van der Waals surface area (Å²) >= 11 is 0. The predicted octanol–water partition coefficient (Wildman–Crippen LogP) is 3.69. The van der Waals surface area contributed by atoms with Crippen molar-refractivity contribution in [1.29, 1.82) is 0 Å². The fourth-order valence-electron chi connectivity index (χ4n) is 4.48. The van der Waals surface area contributed by atoms with Crippen LogP contribution in [-0.4, -0.2) is 49.8 Å². The SMILES string of the molecule is CCS(=O)(=O)N[C@H]1[C@@H](F)CN(C(=O)C2CCC2)[C@H]1Cc1cccc(-c2cccc(F)c2)c1. The van der Waals surface area contributed by atoms with Gasteiger partial charge in [0.2, 0.25) is 15.9 Å². The first-order chi connectivity index (χ1) is 15.3. The summed E-state index contributed by atoms with van der Waals surface area (Å²) in [6, 6.07) is 12.1. The van der Waals surface area contributed by atoms with E-state index in [1.165, 1.54) is 24.0 Å². The lowest BCUT2D eigenvalue weighted by Gasteiger charge is -2.34. The molecule has 0 radical (unpaired) electrons. The van der Waals surface area contributed by atoms with Crippen molar-refractivity contribution in [3.8, 4) is 11.1 Å². The molecule has 2 aromatic rings. The highest BCUT2D eigenvalue weighted by atomic mass is 32.2. The van der Waals surface area contributed by atoms with Crippen molar-refractivity contribution in [2.45, 2.75) is 50.9 Å². The molecular formula is C24H28F2N2O3S. The largest absolute Gasteiger partial charge is 0.334 e.